The van der Waals surface area contributed by atoms with Crippen molar-refractivity contribution in [1.82, 2.24) is 21.3 Å². The van der Waals surface area contributed by atoms with E-state index in [1.807, 2.05) is 0 Å². The van der Waals surface area contributed by atoms with Gasteiger partial charge in [0.25, 0.3) is 0 Å². The van der Waals surface area contributed by atoms with Crippen LogP contribution >= 0.6 is 11.8 Å². The maximum atomic E-state index is 12.8. The molecule has 4 atom stereocenters. The molecule has 1 aliphatic rings. The molecule has 33 heavy (non-hydrogen) atoms. The minimum atomic E-state index is -1.40. The van der Waals surface area contributed by atoms with E-state index >= 15 is 0 Å². The van der Waals surface area contributed by atoms with Crippen molar-refractivity contribution >= 4 is 47.3 Å². The molecular formula is C19H31N5O8S. The quantitative estimate of drug-likeness (QED) is 0.131. The molecule has 13 nitrogen and oxygen atoms in total. The summed E-state index contributed by atoms with van der Waals surface area (Å²) in [7, 11) is 0. The highest BCUT2D eigenvalue weighted by molar-refractivity contribution is 7.98. The van der Waals surface area contributed by atoms with Crippen molar-refractivity contribution in [2.24, 2.45) is 5.73 Å². The molecule has 1 heterocycles. The Kier molecular flexibility index (Phi) is 12.2. The van der Waals surface area contributed by atoms with Crippen molar-refractivity contribution in [3.63, 3.8) is 0 Å². The Morgan fingerprint density at radius 2 is 1.64 bits per heavy atom. The van der Waals surface area contributed by atoms with Gasteiger partial charge in [-0.3, -0.25) is 24.0 Å². The fourth-order valence-corrected chi connectivity index (χ4v) is 3.64. The third-order valence-corrected chi connectivity index (χ3v) is 5.56. The molecule has 0 radical (unpaired) electrons. The first-order chi connectivity index (χ1) is 15.5. The smallest absolute Gasteiger partial charge is 0.326 e. The number of amides is 4. The molecule has 0 spiro atoms. The van der Waals surface area contributed by atoms with Crippen molar-refractivity contribution in [2.45, 2.75) is 62.7 Å². The lowest BCUT2D eigenvalue weighted by atomic mass is 10.1. The summed E-state index contributed by atoms with van der Waals surface area (Å²) in [5, 5.41) is 28.3. The van der Waals surface area contributed by atoms with Crippen LogP contribution in [0.5, 0.6) is 0 Å². The molecule has 0 saturated carbocycles. The first kappa shape index (κ1) is 28.2. The second-order valence-corrected chi connectivity index (χ2v) is 8.54. The fourth-order valence-electron chi connectivity index (χ4n) is 3.17. The van der Waals surface area contributed by atoms with Crippen LogP contribution in [-0.2, 0) is 28.8 Å². The molecular weight excluding hydrogens is 458 g/mol. The average Bonchev–Trinajstić information content (AvgIpc) is 3.27. The second kappa shape index (κ2) is 14.3. The predicted octanol–water partition coefficient (Wildman–Crippen LogP) is -2.23. The van der Waals surface area contributed by atoms with Gasteiger partial charge in [-0.1, -0.05) is 0 Å². The SMILES string of the molecule is CSCCC(NC(=O)C(CCC(=O)O)NC(=O)C(CC(N)=O)NC(=O)C1CCCN1)C(=O)O. The summed E-state index contributed by atoms with van der Waals surface area (Å²) in [4.78, 5) is 71.6. The van der Waals surface area contributed by atoms with Crippen LogP contribution in [0.2, 0.25) is 0 Å². The van der Waals surface area contributed by atoms with E-state index in [4.69, 9.17) is 10.8 Å². The van der Waals surface area contributed by atoms with Crippen molar-refractivity contribution in [2.75, 3.05) is 18.6 Å². The first-order valence-corrected chi connectivity index (χ1v) is 11.8. The van der Waals surface area contributed by atoms with Crippen LogP contribution in [0.15, 0.2) is 0 Å². The number of rotatable bonds is 15. The van der Waals surface area contributed by atoms with Gasteiger partial charge >= 0.3 is 11.9 Å². The van der Waals surface area contributed by atoms with Gasteiger partial charge in [-0.2, -0.15) is 11.8 Å². The number of nitrogens with two attached hydrogens (primary N) is 1. The van der Waals surface area contributed by atoms with Crippen LogP contribution in [0.3, 0.4) is 0 Å². The van der Waals surface area contributed by atoms with E-state index in [-0.39, 0.29) is 12.8 Å². The van der Waals surface area contributed by atoms with Crippen molar-refractivity contribution in [3.8, 4) is 0 Å². The monoisotopic (exact) mass is 489 g/mol. The Balaban J connectivity index is 2.93. The van der Waals surface area contributed by atoms with E-state index in [1.165, 1.54) is 11.8 Å². The number of carbonyl (C=O) groups excluding carboxylic acids is 4. The molecule has 1 aliphatic heterocycles. The highest BCUT2D eigenvalue weighted by Gasteiger charge is 2.32. The molecule has 0 aromatic rings. The van der Waals surface area contributed by atoms with Crippen LogP contribution in [0.4, 0.5) is 0 Å². The van der Waals surface area contributed by atoms with E-state index < -0.39 is 72.6 Å². The minimum Gasteiger partial charge on any atom is -0.481 e. The van der Waals surface area contributed by atoms with Gasteiger partial charge in [0.2, 0.25) is 23.6 Å². The van der Waals surface area contributed by atoms with Gasteiger partial charge in [0.1, 0.15) is 18.1 Å². The Bertz CT molecular complexity index is 744. The number of hydrogen-bond acceptors (Lipinski definition) is 8. The van der Waals surface area contributed by atoms with Crippen LogP contribution in [0.25, 0.3) is 0 Å². The Morgan fingerprint density at radius 3 is 2.15 bits per heavy atom. The number of hydrogen-bond donors (Lipinski definition) is 7. The molecule has 8 N–H and O–H groups in total. The maximum absolute atomic E-state index is 12.8. The third-order valence-electron chi connectivity index (χ3n) is 4.92. The highest BCUT2D eigenvalue weighted by Crippen LogP contribution is 2.07. The van der Waals surface area contributed by atoms with Gasteiger partial charge in [-0.15, -0.1) is 0 Å². The predicted molar refractivity (Wildman–Crippen MR) is 118 cm³/mol. The summed E-state index contributed by atoms with van der Waals surface area (Å²) in [5.41, 5.74) is 5.18. The van der Waals surface area contributed by atoms with Crippen molar-refractivity contribution in [3.05, 3.63) is 0 Å². The second-order valence-electron chi connectivity index (χ2n) is 7.56. The Hall–Kier alpha value is -2.87. The normalized spacial score (nSPS) is 17.9. The first-order valence-electron chi connectivity index (χ1n) is 10.4. The van der Waals surface area contributed by atoms with Gasteiger partial charge in [-0.05, 0) is 44.2 Å². The fraction of sp³-hybridized carbons (Fsp3) is 0.684. The molecule has 186 valence electrons. The number of nitrogens with one attached hydrogen (secondary N) is 4. The number of carboxylic acids is 2. The molecule has 4 amide bonds. The molecule has 0 aromatic heterocycles. The number of primary amides is 1. The lowest BCUT2D eigenvalue weighted by molar-refractivity contribution is -0.143. The van der Waals surface area contributed by atoms with Crippen molar-refractivity contribution < 1.29 is 39.0 Å². The zero-order valence-corrected chi connectivity index (χ0v) is 19.1. The third kappa shape index (κ3) is 10.5. The number of aliphatic carboxylic acids is 2. The summed E-state index contributed by atoms with van der Waals surface area (Å²) in [5.74, 6) is -5.24. The number of carbonyl (C=O) groups is 6. The summed E-state index contributed by atoms with van der Waals surface area (Å²) >= 11 is 1.38. The number of carboxylic acid groups (broad SMARTS) is 2. The topological polar surface area (TPSA) is 217 Å². The standard InChI is InChI=1S/C19H31N5O8S/c1-33-8-6-12(19(31)32)23-17(29)11(4-5-15(26)27)22-18(30)13(9-14(20)25)24-16(28)10-3-2-7-21-10/h10-13,21H,2-9H2,1H3,(H2,20,25)(H,22,30)(H,23,29)(H,24,28)(H,26,27)(H,31,32). The van der Waals surface area contributed by atoms with Gasteiger partial charge in [-0.25, -0.2) is 4.79 Å². The summed E-state index contributed by atoms with van der Waals surface area (Å²) in [6.45, 7) is 0.628. The van der Waals surface area contributed by atoms with Crippen LogP contribution in [0.1, 0.15) is 38.5 Å². The molecule has 1 saturated heterocycles. The van der Waals surface area contributed by atoms with Crippen LogP contribution in [-0.4, -0.2) is 88.5 Å². The van der Waals surface area contributed by atoms with E-state index in [0.29, 0.717) is 18.7 Å². The molecule has 0 aromatic carbocycles. The summed E-state index contributed by atoms with van der Waals surface area (Å²) in [6, 6.07) is -4.55. The van der Waals surface area contributed by atoms with Gasteiger partial charge in [0.05, 0.1) is 12.5 Å². The molecule has 14 heteroatoms. The minimum absolute atomic E-state index is 0.122. The van der Waals surface area contributed by atoms with E-state index in [1.54, 1.807) is 6.26 Å². The van der Waals surface area contributed by atoms with E-state index in [2.05, 4.69) is 21.3 Å². The van der Waals surface area contributed by atoms with Crippen LogP contribution < -0.4 is 27.0 Å². The molecule has 0 bridgehead atoms. The molecule has 0 aliphatic carbocycles. The maximum Gasteiger partial charge on any atom is 0.326 e. The average molecular weight is 490 g/mol. The summed E-state index contributed by atoms with van der Waals surface area (Å²) in [6.07, 6.45) is 1.85. The van der Waals surface area contributed by atoms with E-state index in [0.717, 1.165) is 6.42 Å². The molecule has 1 fully saturated rings. The highest BCUT2D eigenvalue weighted by atomic mass is 32.2. The van der Waals surface area contributed by atoms with Gasteiger partial charge in [0, 0.05) is 6.42 Å². The van der Waals surface area contributed by atoms with E-state index in [9.17, 15) is 33.9 Å². The zero-order chi connectivity index (χ0) is 25.0. The van der Waals surface area contributed by atoms with Crippen LogP contribution in [0, 0.1) is 0 Å². The van der Waals surface area contributed by atoms with Gasteiger partial charge < -0.3 is 37.2 Å². The lowest BCUT2D eigenvalue weighted by Gasteiger charge is -2.24. The van der Waals surface area contributed by atoms with Crippen molar-refractivity contribution in [1.29, 1.82) is 0 Å². The van der Waals surface area contributed by atoms with Gasteiger partial charge in [0.15, 0.2) is 0 Å². The zero-order valence-electron chi connectivity index (χ0n) is 18.3. The summed E-state index contributed by atoms with van der Waals surface area (Å²) < 4.78 is 0. The number of thioether (sulfide) groups is 1. The largest absolute Gasteiger partial charge is 0.481 e. The molecule has 4 unspecified atom stereocenters. The Morgan fingerprint density at radius 1 is 1.00 bits per heavy atom. The Labute approximate surface area is 195 Å². The molecule has 1 rings (SSSR count). The lowest BCUT2D eigenvalue weighted by Crippen LogP contribution is -2.57.